The van der Waals surface area contributed by atoms with Crippen LogP contribution in [0.15, 0.2) is 6.07 Å². The van der Waals surface area contributed by atoms with Crippen LogP contribution in [0.2, 0.25) is 0 Å². The van der Waals surface area contributed by atoms with Crippen molar-refractivity contribution in [3.63, 3.8) is 0 Å². The number of fused-ring (bicyclic) bond motifs is 1. The summed E-state index contributed by atoms with van der Waals surface area (Å²) >= 11 is 0. The summed E-state index contributed by atoms with van der Waals surface area (Å²) < 4.78 is 39.7. The van der Waals surface area contributed by atoms with Crippen LogP contribution in [-0.4, -0.2) is 5.11 Å². The first-order valence-corrected chi connectivity index (χ1v) is 4.87. The second kappa shape index (κ2) is 3.52. The van der Waals surface area contributed by atoms with E-state index in [9.17, 15) is 18.3 Å². The van der Waals surface area contributed by atoms with Gasteiger partial charge in [-0.05, 0) is 24.3 Å². The van der Waals surface area contributed by atoms with Crippen molar-refractivity contribution in [3.8, 4) is 0 Å². The summed E-state index contributed by atoms with van der Waals surface area (Å²) in [6, 6.07) is 0.544. The number of aliphatic hydroxyl groups excluding tert-OH is 1. The van der Waals surface area contributed by atoms with E-state index in [2.05, 4.69) is 0 Å². The predicted octanol–water partition coefficient (Wildman–Crippen LogP) is 3.03. The second-order valence-corrected chi connectivity index (χ2v) is 3.98. The highest BCUT2D eigenvalue weighted by Crippen LogP contribution is 2.40. The standard InChI is InChI=1S/C11H11F3O/c1-5-2-3-8(15)10-9(5)6(12)4-7(13)11(10)14/h4-5,8,15H,2-3H2,1H3. The molecule has 0 fully saturated rings. The zero-order chi connectivity index (χ0) is 11.2. The van der Waals surface area contributed by atoms with Crippen LogP contribution in [-0.2, 0) is 0 Å². The molecule has 15 heavy (non-hydrogen) atoms. The average Bonchev–Trinajstić information content (AvgIpc) is 2.18. The fourth-order valence-electron chi connectivity index (χ4n) is 2.15. The lowest BCUT2D eigenvalue weighted by Crippen LogP contribution is -2.17. The summed E-state index contributed by atoms with van der Waals surface area (Å²) in [5, 5.41) is 9.54. The summed E-state index contributed by atoms with van der Waals surface area (Å²) in [6.45, 7) is 1.74. The van der Waals surface area contributed by atoms with E-state index in [1.807, 2.05) is 0 Å². The zero-order valence-corrected chi connectivity index (χ0v) is 8.23. The Morgan fingerprint density at radius 3 is 2.47 bits per heavy atom. The quantitative estimate of drug-likeness (QED) is 0.661. The van der Waals surface area contributed by atoms with Gasteiger partial charge >= 0.3 is 0 Å². The number of hydrogen-bond acceptors (Lipinski definition) is 1. The Balaban J connectivity index is 2.71. The van der Waals surface area contributed by atoms with Gasteiger partial charge in [0.25, 0.3) is 0 Å². The van der Waals surface area contributed by atoms with Crippen LogP contribution in [0.5, 0.6) is 0 Å². The number of rotatable bonds is 0. The van der Waals surface area contributed by atoms with Crippen molar-refractivity contribution in [2.75, 3.05) is 0 Å². The monoisotopic (exact) mass is 216 g/mol. The lowest BCUT2D eigenvalue weighted by Gasteiger charge is -2.27. The molecule has 0 bridgehead atoms. The molecule has 0 saturated carbocycles. The molecule has 1 aliphatic carbocycles. The SMILES string of the molecule is CC1CCC(O)c2c(F)c(F)cc(F)c21. The Bertz CT molecular complexity index is 403. The maximum atomic E-state index is 13.4. The average molecular weight is 216 g/mol. The predicted molar refractivity (Wildman–Crippen MR) is 48.9 cm³/mol. The summed E-state index contributed by atoms with van der Waals surface area (Å²) in [6.07, 6.45) is -0.175. The van der Waals surface area contributed by atoms with Gasteiger partial charge < -0.3 is 5.11 Å². The minimum absolute atomic E-state index is 0.118. The number of aliphatic hydroxyl groups is 1. The highest BCUT2D eigenvalue weighted by Gasteiger charge is 2.31. The van der Waals surface area contributed by atoms with E-state index in [-0.39, 0.29) is 17.0 Å². The first kappa shape index (κ1) is 10.5. The zero-order valence-electron chi connectivity index (χ0n) is 8.23. The minimum Gasteiger partial charge on any atom is -0.388 e. The second-order valence-electron chi connectivity index (χ2n) is 3.98. The fourth-order valence-corrected chi connectivity index (χ4v) is 2.15. The van der Waals surface area contributed by atoms with Gasteiger partial charge in [-0.15, -0.1) is 0 Å². The maximum Gasteiger partial charge on any atom is 0.165 e. The molecule has 0 amide bonds. The fraction of sp³-hybridized carbons (Fsp3) is 0.455. The van der Waals surface area contributed by atoms with Crippen LogP contribution in [0.25, 0.3) is 0 Å². The van der Waals surface area contributed by atoms with Gasteiger partial charge in [0.2, 0.25) is 0 Å². The van der Waals surface area contributed by atoms with Crippen molar-refractivity contribution >= 4 is 0 Å². The molecule has 0 spiro atoms. The molecule has 1 aliphatic rings. The molecule has 1 aromatic carbocycles. The number of halogens is 3. The van der Waals surface area contributed by atoms with E-state index in [1.54, 1.807) is 6.92 Å². The normalized spacial score (nSPS) is 25.1. The van der Waals surface area contributed by atoms with E-state index in [0.717, 1.165) is 0 Å². The Kier molecular flexibility index (Phi) is 2.46. The molecule has 2 unspecified atom stereocenters. The molecule has 1 N–H and O–H groups in total. The molecular weight excluding hydrogens is 205 g/mol. The largest absolute Gasteiger partial charge is 0.388 e. The van der Waals surface area contributed by atoms with Crippen LogP contribution in [0.4, 0.5) is 13.2 Å². The van der Waals surface area contributed by atoms with E-state index in [0.29, 0.717) is 18.9 Å². The van der Waals surface area contributed by atoms with Gasteiger partial charge in [0.15, 0.2) is 11.6 Å². The molecule has 82 valence electrons. The highest BCUT2D eigenvalue weighted by molar-refractivity contribution is 5.37. The Morgan fingerprint density at radius 2 is 1.80 bits per heavy atom. The first-order chi connectivity index (χ1) is 7.02. The Labute approximate surface area is 85.5 Å². The van der Waals surface area contributed by atoms with Crippen LogP contribution >= 0.6 is 0 Å². The lowest BCUT2D eigenvalue weighted by atomic mass is 9.81. The van der Waals surface area contributed by atoms with E-state index >= 15 is 0 Å². The van der Waals surface area contributed by atoms with Gasteiger partial charge in [-0.25, -0.2) is 13.2 Å². The molecule has 0 radical (unpaired) electrons. The van der Waals surface area contributed by atoms with Crippen molar-refractivity contribution in [2.45, 2.75) is 31.8 Å². The molecule has 4 heteroatoms. The molecular formula is C11H11F3O. The third kappa shape index (κ3) is 1.53. The highest BCUT2D eigenvalue weighted by atomic mass is 19.2. The summed E-state index contributed by atoms with van der Waals surface area (Å²) in [5.41, 5.74) is -0.0844. The Hall–Kier alpha value is -1.03. The summed E-state index contributed by atoms with van der Waals surface area (Å²) in [7, 11) is 0. The topological polar surface area (TPSA) is 20.2 Å². The summed E-state index contributed by atoms with van der Waals surface area (Å²) in [4.78, 5) is 0. The Morgan fingerprint density at radius 1 is 1.13 bits per heavy atom. The van der Waals surface area contributed by atoms with E-state index in [4.69, 9.17) is 0 Å². The molecule has 2 rings (SSSR count). The van der Waals surface area contributed by atoms with Crippen LogP contribution < -0.4 is 0 Å². The first-order valence-electron chi connectivity index (χ1n) is 4.87. The third-order valence-corrected chi connectivity index (χ3v) is 2.95. The van der Waals surface area contributed by atoms with Gasteiger partial charge in [0.05, 0.1) is 6.10 Å². The molecule has 0 heterocycles. The van der Waals surface area contributed by atoms with Gasteiger partial charge in [0.1, 0.15) is 5.82 Å². The van der Waals surface area contributed by atoms with Crippen molar-refractivity contribution in [3.05, 3.63) is 34.6 Å². The number of benzene rings is 1. The molecule has 2 atom stereocenters. The van der Waals surface area contributed by atoms with Gasteiger partial charge in [-0.1, -0.05) is 6.92 Å². The van der Waals surface area contributed by atoms with Crippen molar-refractivity contribution in [2.24, 2.45) is 0 Å². The summed E-state index contributed by atoms with van der Waals surface area (Å²) in [5.74, 6) is -3.31. The van der Waals surface area contributed by atoms with Crippen molar-refractivity contribution < 1.29 is 18.3 Å². The third-order valence-electron chi connectivity index (χ3n) is 2.95. The lowest BCUT2D eigenvalue weighted by molar-refractivity contribution is 0.144. The molecule has 1 nitrogen and oxygen atoms in total. The molecule has 1 aromatic rings. The van der Waals surface area contributed by atoms with Crippen molar-refractivity contribution in [1.82, 2.24) is 0 Å². The van der Waals surface area contributed by atoms with Crippen LogP contribution in [0, 0.1) is 17.5 Å². The van der Waals surface area contributed by atoms with Gasteiger partial charge in [-0.3, -0.25) is 0 Å². The van der Waals surface area contributed by atoms with Crippen LogP contribution in [0.3, 0.4) is 0 Å². The van der Waals surface area contributed by atoms with Crippen molar-refractivity contribution in [1.29, 1.82) is 0 Å². The maximum absolute atomic E-state index is 13.4. The molecule has 0 saturated heterocycles. The van der Waals surface area contributed by atoms with E-state index in [1.165, 1.54) is 0 Å². The minimum atomic E-state index is -1.24. The van der Waals surface area contributed by atoms with Crippen LogP contribution in [0.1, 0.15) is 42.9 Å². The molecule has 0 aromatic heterocycles. The van der Waals surface area contributed by atoms with Gasteiger partial charge in [-0.2, -0.15) is 0 Å². The molecule has 0 aliphatic heterocycles. The van der Waals surface area contributed by atoms with Gasteiger partial charge in [0, 0.05) is 11.6 Å². The van der Waals surface area contributed by atoms with E-state index < -0.39 is 23.6 Å². The smallest absolute Gasteiger partial charge is 0.165 e. The number of hydrogen-bond donors (Lipinski definition) is 1.